The third-order valence-electron chi connectivity index (χ3n) is 4.37. The maximum atomic E-state index is 13.1. The molecule has 3 aromatic rings. The van der Waals surface area contributed by atoms with Gasteiger partial charge in [0, 0.05) is 6.07 Å². The molecule has 0 N–H and O–H groups in total. The first-order chi connectivity index (χ1) is 14.2. The zero-order valence-electron chi connectivity index (χ0n) is 15.6. The van der Waals surface area contributed by atoms with Crippen molar-refractivity contribution >= 4 is 0 Å². The molecule has 1 heterocycles. The number of ether oxygens (including phenoxy) is 4. The highest BCUT2D eigenvalue weighted by Gasteiger charge is 2.23. The van der Waals surface area contributed by atoms with Crippen LogP contribution in [-0.2, 0) is 18.0 Å². The molecule has 0 radical (unpaired) electrons. The lowest BCUT2D eigenvalue weighted by atomic mass is 10.2. The second-order valence-corrected chi connectivity index (χ2v) is 6.71. The molecule has 0 saturated carbocycles. The van der Waals surface area contributed by atoms with Gasteiger partial charge in [-0.25, -0.2) is 8.78 Å². The average Bonchev–Trinajstić information content (AvgIpc) is 3.57. The maximum absolute atomic E-state index is 13.1. The summed E-state index contributed by atoms with van der Waals surface area (Å²) >= 11 is 0. The fourth-order valence-electron chi connectivity index (χ4n) is 2.65. The van der Waals surface area contributed by atoms with Gasteiger partial charge in [-0.15, -0.1) is 0 Å². The minimum Gasteiger partial charge on any atom is -0.491 e. The lowest BCUT2D eigenvalue weighted by molar-refractivity contribution is 0.245. The molecule has 29 heavy (non-hydrogen) atoms. The van der Waals surface area contributed by atoms with Gasteiger partial charge in [-0.1, -0.05) is 24.3 Å². The van der Waals surface area contributed by atoms with Gasteiger partial charge in [-0.3, -0.25) is 0 Å². The minimum absolute atomic E-state index is 0.146. The van der Waals surface area contributed by atoms with E-state index >= 15 is 0 Å². The van der Waals surface area contributed by atoms with Crippen LogP contribution in [0.4, 0.5) is 8.78 Å². The van der Waals surface area contributed by atoms with Crippen LogP contribution in [0.2, 0.25) is 0 Å². The molecule has 1 fully saturated rings. The summed E-state index contributed by atoms with van der Waals surface area (Å²) in [6.45, 7) is 1.71. The van der Waals surface area contributed by atoms with E-state index < -0.39 is 0 Å². The summed E-state index contributed by atoms with van der Waals surface area (Å²) < 4.78 is 48.8. The van der Waals surface area contributed by atoms with Gasteiger partial charge >= 0.3 is 0 Å². The Kier molecular flexibility index (Phi) is 5.91. The fourth-order valence-corrected chi connectivity index (χ4v) is 2.65. The van der Waals surface area contributed by atoms with E-state index in [4.69, 9.17) is 18.9 Å². The molecule has 150 valence electrons. The largest absolute Gasteiger partial charge is 0.491 e. The van der Waals surface area contributed by atoms with Crippen molar-refractivity contribution in [2.45, 2.75) is 19.3 Å². The van der Waals surface area contributed by atoms with Crippen LogP contribution in [0.25, 0.3) is 0 Å². The molecule has 0 amide bonds. The minimum atomic E-state index is -0.297. The van der Waals surface area contributed by atoms with Crippen LogP contribution in [0.1, 0.15) is 11.1 Å². The van der Waals surface area contributed by atoms with Crippen LogP contribution in [0.5, 0.6) is 17.2 Å². The van der Waals surface area contributed by atoms with Crippen molar-refractivity contribution in [3.8, 4) is 17.2 Å². The number of benzene rings is 3. The third kappa shape index (κ3) is 5.68. The van der Waals surface area contributed by atoms with E-state index in [0.717, 1.165) is 11.1 Å². The molecule has 1 atom stereocenters. The zero-order chi connectivity index (χ0) is 20.1. The number of halogens is 2. The molecule has 3 aromatic carbocycles. The second-order valence-electron chi connectivity index (χ2n) is 6.71. The molecule has 1 aliphatic rings. The summed E-state index contributed by atoms with van der Waals surface area (Å²) in [5.74, 6) is 1.09. The van der Waals surface area contributed by atoms with Crippen LogP contribution in [-0.4, -0.2) is 19.3 Å². The first-order valence-electron chi connectivity index (χ1n) is 9.29. The molecular weight excluding hydrogens is 378 g/mol. The van der Waals surface area contributed by atoms with Crippen LogP contribution < -0.4 is 14.2 Å². The number of hydrogen-bond acceptors (Lipinski definition) is 4. The van der Waals surface area contributed by atoms with E-state index in [9.17, 15) is 8.78 Å². The summed E-state index contributed by atoms with van der Waals surface area (Å²) in [6, 6.07) is 17.6. The lowest BCUT2D eigenvalue weighted by Gasteiger charge is -2.15. The fraction of sp³-hybridized carbons (Fsp3) is 0.217. The van der Waals surface area contributed by atoms with Crippen LogP contribution in [0.15, 0.2) is 66.7 Å². The number of hydrogen-bond donors (Lipinski definition) is 0. The molecule has 0 unspecified atom stereocenters. The molecule has 0 bridgehead atoms. The van der Waals surface area contributed by atoms with Crippen molar-refractivity contribution in [1.29, 1.82) is 0 Å². The first kappa shape index (κ1) is 19.2. The topological polar surface area (TPSA) is 40.2 Å². The molecule has 0 spiro atoms. The van der Waals surface area contributed by atoms with Crippen LogP contribution >= 0.6 is 0 Å². The van der Waals surface area contributed by atoms with Gasteiger partial charge in [0.15, 0.2) is 11.5 Å². The lowest BCUT2D eigenvalue weighted by Crippen LogP contribution is -2.05. The normalized spacial score (nSPS) is 15.0. The van der Waals surface area contributed by atoms with Crippen molar-refractivity contribution in [2.75, 3.05) is 13.2 Å². The summed E-state index contributed by atoms with van der Waals surface area (Å²) in [7, 11) is 0. The molecule has 1 aliphatic heterocycles. The number of rotatable bonds is 9. The Morgan fingerprint density at radius 2 is 1.28 bits per heavy atom. The SMILES string of the molecule is Fc1ccc(COc2ccc(OC[C@@H]3CO3)cc2OCc2ccc(F)cc2)cc1. The Morgan fingerprint density at radius 3 is 1.83 bits per heavy atom. The van der Waals surface area contributed by atoms with Crippen molar-refractivity contribution in [1.82, 2.24) is 0 Å². The zero-order valence-corrected chi connectivity index (χ0v) is 15.6. The van der Waals surface area contributed by atoms with Gasteiger partial charge in [0.2, 0.25) is 0 Å². The quantitative estimate of drug-likeness (QED) is 0.481. The molecule has 1 saturated heterocycles. The Bertz CT molecular complexity index is 938. The maximum Gasteiger partial charge on any atom is 0.165 e. The first-order valence-corrected chi connectivity index (χ1v) is 9.29. The van der Waals surface area contributed by atoms with Gasteiger partial charge < -0.3 is 18.9 Å². The Labute approximate surface area is 167 Å². The van der Waals surface area contributed by atoms with Crippen LogP contribution in [0.3, 0.4) is 0 Å². The molecule has 0 aliphatic carbocycles. The summed E-state index contributed by atoms with van der Waals surface area (Å²) in [4.78, 5) is 0. The van der Waals surface area contributed by atoms with E-state index in [1.165, 1.54) is 24.3 Å². The van der Waals surface area contributed by atoms with Crippen molar-refractivity contribution < 1.29 is 27.7 Å². The van der Waals surface area contributed by atoms with E-state index in [1.54, 1.807) is 42.5 Å². The summed E-state index contributed by atoms with van der Waals surface area (Å²) in [5, 5.41) is 0. The monoisotopic (exact) mass is 398 g/mol. The predicted molar refractivity (Wildman–Crippen MR) is 103 cm³/mol. The van der Waals surface area contributed by atoms with Gasteiger partial charge in [-0.2, -0.15) is 0 Å². The Morgan fingerprint density at radius 1 is 0.724 bits per heavy atom. The van der Waals surface area contributed by atoms with Crippen molar-refractivity contribution in [3.05, 3.63) is 89.5 Å². The molecule has 4 rings (SSSR count). The van der Waals surface area contributed by atoms with E-state index in [0.29, 0.717) is 30.5 Å². The van der Waals surface area contributed by atoms with E-state index in [1.807, 2.05) is 0 Å². The highest BCUT2D eigenvalue weighted by atomic mass is 19.1. The van der Waals surface area contributed by atoms with E-state index in [-0.39, 0.29) is 31.0 Å². The van der Waals surface area contributed by atoms with Crippen molar-refractivity contribution in [2.24, 2.45) is 0 Å². The number of epoxide rings is 1. The summed E-state index contributed by atoms with van der Waals surface area (Å²) in [5.41, 5.74) is 1.66. The highest BCUT2D eigenvalue weighted by molar-refractivity contribution is 5.46. The highest BCUT2D eigenvalue weighted by Crippen LogP contribution is 2.33. The third-order valence-corrected chi connectivity index (χ3v) is 4.37. The summed E-state index contributed by atoms with van der Waals surface area (Å²) in [6.07, 6.45) is 0.146. The van der Waals surface area contributed by atoms with Gasteiger partial charge in [0.05, 0.1) is 6.61 Å². The van der Waals surface area contributed by atoms with Gasteiger partial charge in [0.1, 0.15) is 43.3 Å². The Hall–Kier alpha value is -3.12. The standard InChI is InChI=1S/C23H20F2O4/c24-18-5-1-16(2-6-18)12-28-22-10-9-20(26-14-21-15-27-21)11-23(22)29-13-17-3-7-19(25)8-4-17/h1-11,21H,12-15H2/t21-/m1/s1. The average molecular weight is 398 g/mol. The smallest absolute Gasteiger partial charge is 0.165 e. The van der Waals surface area contributed by atoms with Crippen molar-refractivity contribution in [3.63, 3.8) is 0 Å². The van der Waals surface area contributed by atoms with E-state index in [2.05, 4.69) is 0 Å². The molecule has 4 nitrogen and oxygen atoms in total. The molecule has 0 aromatic heterocycles. The van der Waals surface area contributed by atoms with Crippen LogP contribution in [0, 0.1) is 11.6 Å². The van der Waals surface area contributed by atoms with Gasteiger partial charge in [-0.05, 0) is 47.5 Å². The second kappa shape index (κ2) is 8.92. The molecule has 6 heteroatoms. The molecular formula is C23H20F2O4. The predicted octanol–water partition coefficient (Wildman–Crippen LogP) is 4.90. The Balaban J connectivity index is 1.46. The van der Waals surface area contributed by atoms with Gasteiger partial charge in [0.25, 0.3) is 0 Å².